The topological polar surface area (TPSA) is 28.5 Å². The molecule has 3 rings (SSSR count). The van der Waals surface area contributed by atoms with Gasteiger partial charge in [-0.1, -0.05) is 55.1 Å². The zero-order chi connectivity index (χ0) is 14.7. The quantitative estimate of drug-likeness (QED) is 0.859. The predicted molar refractivity (Wildman–Crippen MR) is 89.5 cm³/mol. The lowest BCUT2D eigenvalue weighted by atomic mass is 9.95. The zero-order valence-corrected chi connectivity index (χ0v) is 13.1. The number of hydrogen-bond donors (Lipinski definition) is 0. The third kappa shape index (κ3) is 2.81. The Labute approximate surface area is 130 Å². The fourth-order valence-electron chi connectivity index (χ4n) is 2.74. The van der Waals surface area contributed by atoms with Crippen molar-refractivity contribution in [1.82, 2.24) is 9.88 Å². The fraction of sp³-hybridized carbons (Fsp3) is 0.294. The highest BCUT2D eigenvalue weighted by molar-refractivity contribution is 8.13. The van der Waals surface area contributed by atoms with Gasteiger partial charge in [0.05, 0.1) is 6.04 Å². The summed E-state index contributed by atoms with van der Waals surface area (Å²) in [5.74, 6) is 1.03. The molecule has 0 saturated carbocycles. The van der Waals surface area contributed by atoms with Crippen LogP contribution >= 0.6 is 11.8 Å². The minimum Gasteiger partial charge on any atom is -0.345 e. The first-order valence-corrected chi connectivity index (χ1v) is 8.18. The highest BCUT2D eigenvalue weighted by atomic mass is 32.2. The van der Waals surface area contributed by atoms with Crippen LogP contribution in [0.5, 0.6) is 0 Å². The van der Waals surface area contributed by atoms with Crippen molar-refractivity contribution in [2.45, 2.75) is 19.0 Å². The summed E-state index contributed by atoms with van der Waals surface area (Å²) in [6, 6.07) is 15.0. The maximum Gasteiger partial charge on any atom is 0.160 e. The van der Waals surface area contributed by atoms with E-state index in [9.17, 15) is 0 Å². The Morgan fingerprint density at radius 1 is 1.10 bits per heavy atom. The van der Waals surface area contributed by atoms with Crippen molar-refractivity contribution >= 4 is 16.9 Å². The molecule has 1 aliphatic heterocycles. The molecule has 0 unspecified atom stereocenters. The summed E-state index contributed by atoms with van der Waals surface area (Å²) in [5, 5.41) is 1.11. The molecule has 0 fully saturated rings. The van der Waals surface area contributed by atoms with Gasteiger partial charge < -0.3 is 4.90 Å². The lowest BCUT2D eigenvalue weighted by Crippen LogP contribution is -2.26. The van der Waals surface area contributed by atoms with Crippen LogP contribution in [-0.4, -0.2) is 27.9 Å². The van der Waals surface area contributed by atoms with Gasteiger partial charge in [0.15, 0.2) is 5.17 Å². The predicted octanol–water partition coefficient (Wildman–Crippen LogP) is 3.92. The summed E-state index contributed by atoms with van der Waals surface area (Å²) in [6.45, 7) is 2.16. The van der Waals surface area contributed by atoms with Gasteiger partial charge in [0.25, 0.3) is 0 Å². The number of thioether (sulfide) groups is 1. The van der Waals surface area contributed by atoms with Crippen molar-refractivity contribution in [2.24, 2.45) is 4.99 Å². The number of aliphatic imine (C=N–C) groups is 1. The van der Waals surface area contributed by atoms with Crippen LogP contribution < -0.4 is 0 Å². The number of pyridine rings is 1. The van der Waals surface area contributed by atoms with E-state index in [4.69, 9.17) is 4.99 Å². The Balaban J connectivity index is 2.00. The average molecular weight is 297 g/mol. The van der Waals surface area contributed by atoms with Gasteiger partial charge in [-0.15, -0.1) is 0 Å². The van der Waals surface area contributed by atoms with Crippen molar-refractivity contribution in [3.8, 4) is 0 Å². The molecule has 0 N–H and O–H groups in total. The molecule has 0 saturated heterocycles. The molecule has 0 radical (unpaired) electrons. The molecule has 21 heavy (non-hydrogen) atoms. The van der Waals surface area contributed by atoms with Crippen LogP contribution in [0.4, 0.5) is 0 Å². The summed E-state index contributed by atoms with van der Waals surface area (Å²) in [6.07, 6.45) is 3.77. The molecule has 1 aromatic heterocycles. The number of aromatic nitrogens is 1. The van der Waals surface area contributed by atoms with Crippen molar-refractivity contribution in [3.63, 3.8) is 0 Å². The first-order valence-electron chi connectivity index (χ1n) is 7.19. The monoisotopic (exact) mass is 297 g/mol. The fourth-order valence-corrected chi connectivity index (χ4v) is 3.51. The van der Waals surface area contributed by atoms with E-state index >= 15 is 0 Å². The van der Waals surface area contributed by atoms with Crippen molar-refractivity contribution in [3.05, 3.63) is 66.0 Å². The summed E-state index contributed by atoms with van der Waals surface area (Å²) in [4.78, 5) is 11.5. The normalized spacial score (nSPS) is 21.4. The minimum absolute atomic E-state index is 0.134. The molecule has 1 aliphatic rings. The number of nitrogens with zero attached hydrogens (tertiary/aromatic N) is 3. The molecular weight excluding hydrogens is 278 g/mol. The molecule has 108 valence electrons. The third-order valence-corrected chi connectivity index (χ3v) is 4.65. The highest BCUT2D eigenvalue weighted by Gasteiger charge is 2.35. The minimum atomic E-state index is 0.134. The van der Waals surface area contributed by atoms with Gasteiger partial charge in [-0.2, -0.15) is 0 Å². The Kier molecular flexibility index (Phi) is 4.25. The number of likely N-dealkylation sites (N-methyl/N-ethyl adjacent to an activating group) is 1. The van der Waals surface area contributed by atoms with E-state index in [1.165, 1.54) is 11.1 Å². The van der Waals surface area contributed by atoms with Crippen molar-refractivity contribution in [1.29, 1.82) is 0 Å². The molecule has 0 amide bonds. The SMILES string of the molecule is CCSC1=N[C@H](c2ccccc2)[C@H](c2cccnc2)N1C. The van der Waals surface area contributed by atoms with Crippen LogP contribution in [0.3, 0.4) is 0 Å². The smallest absolute Gasteiger partial charge is 0.160 e. The molecule has 0 bridgehead atoms. The van der Waals surface area contributed by atoms with E-state index in [1.807, 2.05) is 24.5 Å². The van der Waals surface area contributed by atoms with Crippen LogP contribution in [0.15, 0.2) is 59.9 Å². The van der Waals surface area contributed by atoms with E-state index in [2.05, 4.69) is 54.2 Å². The number of rotatable bonds is 3. The highest BCUT2D eigenvalue weighted by Crippen LogP contribution is 2.42. The number of benzene rings is 1. The van der Waals surface area contributed by atoms with E-state index in [0.29, 0.717) is 0 Å². The van der Waals surface area contributed by atoms with E-state index in [1.54, 1.807) is 11.8 Å². The van der Waals surface area contributed by atoms with Gasteiger partial charge in [0.2, 0.25) is 0 Å². The molecule has 2 aromatic rings. The van der Waals surface area contributed by atoms with E-state index < -0.39 is 0 Å². The summed E-state index contributed by atoms with van der Waals surface area (Å²) >= 11 is 1.80. The van der Waals surface area contributed by atoms with Gasteiger partial charge in [-0.05, 0) is 22.9 Å². The standard InChI is InChI=1S/C17H19N3S/c1-3-21-17-19-15(13-8-5-4-6-9-13)16(20(17)2)14-10-7-11-18-12-14/h4-12,15-16H,3H2,1-2H3/t15-,16+/m1/s1. The third-order valence-electron chi connectivity index (χ3n) is 3.71. The molecule has 1 aromatic carbocycles. The van der Waals surface area contributed by atoms with Crippen LogP contribution in [-0.2, 0) is 0 Å². The average Bonchev–Trinajstić information content (AvgIpc) is 2.86. The molecule has 3 nitrogen and oxygen atoms in total. The molecule has 2 heterocycles. The van der Waals surface area contributed by atoms with Crippen LogP contribution in [0.25, 0.3) is 0 Å². The molecule has 2 atom stereocenters. The lowest BCUT2D eigenvalue weighted by molar-refractivity contribution is 0.367. The van der Waals surface area contributed by atoms with Gasteiger partial charge in [0.1, 0.15) is 6.04 Å². The second-order valence-electron chi connectivity index (χ2n) is 5.04. The van der Waals surface area contributed by atoms with Gasteiger partial charge in [0, 0.05) is 19.4 Å². The summed E-state index contributed by atoms with van der Waals surface area (Å²) in [5.41, 5.74) is 2.47. The van der Waals surface area contributed by atoms with Crippen molar-refractivity contribution in [2.75, 3.05) is 12.8 Å². The van der Waals surface area contributed by atoms with Gasteiger partial charge in [-0.25, -0.2) is 0 Å². The number of hydrogen-bond acceptors (Lipinski definition) is 4. The Morgan fingerprint density at radius 3 is 2.52 bits per heavy atom. The number of amidine groups is 1. The lowest BCUT2D eigenvalue weighted by Gasteiger charge is -2.26. The van der Waals surface area contributed by atoms with Gasteiger partial charge >= 0.3 is 0 Å². The molecule has 0 spiro atoms. The summed E-state index contributed by atoms with van der Waals surface area (Å²) in [7, 11) is 2.13. The second kappa shape index (κ2) is 6.31. The van der Waals surface area contributed by atoms with Crippen LogP contribution in [0, 0.1) is 0 Å². The Bertz CT molecular complexity index is 612. The molecule has 4 heteroatoms. The van der Waals surface area contributed by atoms with Crippen LogP contribution in [0.2, 0.25) is 0 Å². The van der Waals surface area contributed by atoms with Crippen molar-refractivity contribution < 1.29 is 0 Å². The van der Waals surface area contributed by atoms with Gasteiger partial charge in [-0.3, -0.25) is 9.98 Å². The molecule has 0 aliphatic carbocycles. The Morgan fingerprint density at radius 2 is 1.86 bits per heavy atom. The maximum atomic E-state index is 4.96. The molecular formula is C17H19N3S. The summed E-state index contributed by atoms with van der Waals surface area (Å²) < 4.78 is 0. The Hall–Kier alpha value is -1.81. The first-order chi connectivity index (χ1) is 10.3. The van der Waals surface area contributed by atoms with E-state index in [0.717, 1.165) is 10.9 Å². The van der Waals surface area contributed by atoms with E-state index in [-0.39, 0.29) is 12.1 Å². The zero-order valence-electron chi connectivity index (χ0n) is 12.3. The second-order valence-corrected chi connectivity index (χ2v) is 6.27. The maximum absolute atomic E-state index is 4.96. The first kappa shape index (κ1) is 14.1. The largest absolute Gasteiger partial charge is 0.345 e. The van der Waals surface area contributed by atoms with Crippen LogP contribution in [0.1, 0.15) is 30.1 Å².